The van der Waals surface area contributed by atoms with Crippen molar-refractivity contribution in [2.45, 2.75) is 65.3 Å². The molecule has 1 aliphatic carbocycles. The highest BCUT2D eigenvalue weighted by Gasteiger charge is 2.23. The van der Waals surface area contributed by atoms with Gasteiger partial charge in [-0.15, -0.1) is 0 Å². The van der Waals surface area contributed by atoms with E-state index in [0.29, 0.717) is 12.3 Å². The molecule has 0 spiro atoms. The van der Waals surface area contributed by atoms with E-state index < -0.39 is 0 Å². The van der Waals surface area contributed by atoms with Crippen LogP contribution in [-0.4, -0.2) is 18.5 Å². The van der Waals surface area contributed by atoms with Crippen LogP contribution in [0.25, 0.3) is 0 Å². The minimum absolute atomic E-state index is 0.00216. The van der Waals surface area contributed by atoms with Gasteiger partial charge in [-0.25, -0.2) is 0 Å². The van der Waals surface area contributed by atoms with Crippen molar-refractivity contribution in [2.24, 2.45) is 17.1 Å². The van der Waals surface area contributed by atoms with Gasteiger partial charge < -0.3 is 11.1 Å². The molecule has 1 amide bonds. The molecule has 0 aliphatic heterocycles. The molecule has 1 rings (SSSR count). The highest BCUT2D eigenvalue weighted by molar-refractivity contribution is 5.76. The Morgan fingerprint density at radius 1 is 1.29 bits per heavy atom. The van der Waals surface area contributed by atoms with E-state index in [1.165, 1.54) is 32.1 Å². The van der Waals surface area contributed by atoms with Crippen molar-refractivity contribution in [1.29, 1.82) is 0 Å². The first kappa shape index (κ1) is 14.5. The predicted molar refractivity (Wildman–Crippen MR) is 71.6 cm³/mol. The lowest BCUT2D eigenvalue weighted by Crippen LogP contribution is -2.41. The maximum atomic E-state index is 11.8. The molecule has 3 N–H and O–H groups in total. The Bertz CT molecular complexity index is 239. The molecule has 0 aromatic rings. The van der Waals surface area contributed by atoms with Crippen LogP contribution in [0.15, 0.2) is 0 Å². The third kappa shape index (κ3) is 5.53. The van der Waals surface area contributed by atoms with Crippen LogP contribution in [0.3, 0.4) is 0 Å². The fraction of sp³-hybridized carbons (Fsp3) is 0.929. The maximum Gasteiger partial charge on any atom is 0.221 e. The third-order valence-corrected chi connectivity index (χ3v) is 3.83. The summed E-state index contributed by atoms with van der Waals surface area (Å²) in [5, 5.41) is 3.04. The second-order valence-corrected chi connectivity index (χ2v) is 6.48. The van der Waals surface area contributed by atoms with E-state index in [1.54, 1.807) is 0 Å². The van der Waals surface area contributed by atoms with E-state index >= 15 is 0 Å². The van der Waals surface area contributed by atoms with Gasteiger partial charge in [0.15, 0.2) is 0 Å². The van der Waals surface area contributed by atoms with E-state index in [-0.39, 0.29) is 17.4 Å². The molecule has 1 aliphatic rings. The maximum absolute atomic E-state index is 11.8. The lowest BCUT2D eigenvalue weighted by atomic mass is 9.85. The highest BCUT2D eigenvalue weighted by Crippen LogP contribution is 2.23. The summed E-state index contributed by atoms with van der Waals surface area (Å²) in [5.74, 6) is 0.802. The zero-order valence-electron chi connectivity index (χ0n) is 11.6. The van der Waals surface area contributed by atoms with Gasteiger partial charge in [-0.1, -0.05) is 40.0 Å². The van der Waals surface area contributed by atoms with Crippen molar-refractivity contribution < 1.29 is 4.79 Å². The van der Waals surface area contributed by atoms with Gasteiger partial charge in [-0.2, -0.15) is 0 Å². The molecule has 1 saturated carbocycles. The summed E-state index contributed by atoms with van der Waals surface area (Å²) in [5.41, 5.74) is 6.00. The number of amides is 1. The first-order chi connectivity index (χ1) is 7.89. The second kappa shape index (κ2) is 6.39. The molecule has 17 heavy (non-hydrogen) atoms. The first-order valence-electron chi connectivity index (χ1n) is 6.92. The second-order valence-electron chi connectivity index (χ2n) is 6.48. The molecule has 0 saturated heterocycles. The van der Waals surface area contributed by atoms with E-state index in [0.717, 1.165) is 6.54 Å². The van der Waals surface area contributed by atoms with Crippen molar-refractivity contribution in [3.05, 3.63) is 0 Å². The van der Waals surface area contributed by atoms with Crippen LogP contribution in [0.1, 0.15) is 59.3 Å². The van der Waals surface area contributed by atoms with E-state index in [4.69, 9.17) is 5.73 Å². The van der Waals surface area contributed by atoms with Crippen LogP contribution in [0.4, 0.5) is 0 Å². The van der Waals surface area contributed by atoms with Crippen LogP contribution >= 0.6 is 0 Å². The number of nitrogens with one attached hydrogen (secondary N) is 1. The number of rotatable bonds is 4. The molecule has 1 unspecified atom stereocenters. The number of hydrogen-bond donors (Lipinski definition) is 2. The third-order valence-electron chi connectivity index (χ3n) is 3.83. The molecule has 1 atom stereocenters. The summed E-state index contributed by atoms with van der Waals surface area (Å²) >= 11 is 0. The molecule has 3 heteroatoms. The SMILES string of the molecule is CC(C)(C)C(N)CC(=O)NCC1CCCCC1. The monoisotopic (exact) mass is 240 g/mol. The summed E-state index contributed by atoms with van der Waals surface area (Å²) in [6.45, 7) is 7.07. The Balaban J connectivity index is 2.20. The fourth-order valence-corrected chi connectivity index (χ4v) is 2.23. The van der Waals surface area contributed by atoms with Crippen LogP contribution < -0.4 is 11.1 Å². The van der Waals surface area contributed by atoms with Gasteiger partial charge in [0.2, 0.25) is 5.91 Å². The molecule has 0 aromatic heterocycles. The lowest BCUT2D eigenvalue weighted by molar-refractivity contribution is -0.122. The fourth-order valence-electron chi connectivity index (χ4n) is 2.23. The van der Waals surface area contributed by atoms with Crippen LogP contribution in [0.2, 0.25) is 0 Å². The van der Waals surface area contributed by atoms with Crippen molar-refractivity contribution in [2.75, 3.05) is 6.54 Å². The lowest BCUT2D eigenvalue weighted by Gasteiger charge is -2.27. The Hall–Kier alpha value is -0.570. The zero-order valence-corrected chi connectivity index (χ0v) is 11.6. The summed E-state index contributed by atoms with van der Waals surface area (Å²) in [7, 11) is 0. The molecular formula is C14H28N2O. The van der Waals surface area contributed by atoms with E-state index in [9.17, 15) is 4.79 Å². The van der Waals surface area contributed by atoms with Crippen molar-refractivity contribution in [3.8, 4) is 0 Å². The molecule has 0 aromatic carbocycles. The van der Waals surface area contributed by atoms with Gasteiger partial charge in [-0.05, 0) is 24.2 Å². The number of nitrogens with two attached hydrogens (primary N) is 1. The topological polar surface area (TPSA) is 55.1 Å². The minimum atomic E-state index is -0.0612. The molecule has 0 radical (unpaired) electrons. The smallest absolute Gasteiger partial charge is 0.221 e. The Labute approximate surface area is 106 Å². The Morgan fingerprint density at radius 3 is 2.41 bits per heavy atom. The van der Waals surface area contributed by atoms with Gasteiger partial charge >= 0.3 is 0 Å². The van der Waals surface area contributed by atoms with E-state index in [1.807, 2.05) is 0 Å². The molecule has 3 nitrogen and oxygen atoms in total. The van der Waals surface area contributed by atoms with E-state index in [2.05, 4.69) is 26.1 Å². The summed E-state index contributed by atoms with van der Waals surface area (Å²) < 4.78 is 0. The van der Waals surface area contributed by atoms with Crippen LogP contribution in [0, 0.1) is 11.3 Å². The number of carbonyl (C=O) groups is 1. The summed E-state index contributed by atoms with van der Waals surface area (Å²) in [6, 6.07) is -0.0612. The van der Waals surface area contributed by atoms with Crippen molar-refractivity contribution in [1.82, 2.24) is 5.32 Å². The van der Waals surface area contributed by atoms with Crippen LogP contribution in [0.5, 0.6) is 0 Å². The summed E-state index contributed by atoms with van der Waals surface area (Å²) in [4.78, 5) is 11.8. The minimum Gasteiger partial charge on any atom is -0.356 e. The van der Waals surface area contributed by atoms with Gasteiger partial charge in [0.1, 0.15) is 0 Å². The van der Waals surface area contributed by atoms with Gasteiger partial charge in [0.25, 0.3) is 0 Å². The predicted octanol–water partition coefficient (Wildman–Crippen LogP) is 2.45. The van der Waals surface area contributed by atoms with Crippen LogP contribution in [-0.2, 0) is 4.79 Å². The average Bonchev–Trinajstić information content (AvgIpc) is 2.26. The highest BCUT2D eigenvalue weighted by atomic mass is 16.1. The average molecular weight is 240 g/mol. The van der Waals surface area contributed by atoms with Gasteiger partial charge in [0.05, 0.1) is 0 Å². The largest absolute Gasteiger partial charge is 0.356 e. The number of carbonyl (C=O) groups excluding carboxylic acids is 1. The normalized spacial score (nSPS) is 20.0. The molecule has 0 bridgehead atoms. The molecule has 1 fully saturated rings. The Morgan fingerprint density at radius 2 is 1.88 bits per heavy atom. The van der Waals surface area contributed by atoms with Crippen molar-refractivity contribution in [3.63, 3.8) is 0 Å². The van der Waals surface area contributed by atoms with Gasteiger partial charge in [-0.3, -0.25) is 4.79 Å². The zero-order chi connectivity index (χ0) is 12.9. The Kier molecular flexibility index (Phi) is 5.44. The quantitative estimate of drug-likeness (QED) is 0.793. The summed E-state index contributed by atoms with van der Waals surface area (Å²) in [6.07, 6.45) is 6.98. The molecular weight excluding hydrogens is 212 g/mol. The van der Waals surface area contributed by atoms with Crippen molar-refractivity contribution >= 4 is 5.91 Å². The van der Waals surface area contributed by atoms with Gasteiger partial charge in [0, 0.05) is 19.0 Å². The molecule has 0 heterocycles. The molecule has 100 valence electrons. The number of hydrogen-bond acceptors (Lipinski definition) is 2. The first-order valence-corrected chi connectivity index (χ1v) is 6.92. The standard InChI is InChI=1S/C14H28N2O/c1-14(2,3)12(15)9-13(17)16-10-11-7-5-4-6-8-11/h11-12H,4-10,15H2,1-3H3,(H,16,17).